The fourth-order valence-electron chi connectivity index (χ4n) is 1.93. The number of esters is 4. The standard InChI is InChI=1S/C13H18O8S/c1-6(14)18-5-10-11(19-7(2)15)12(20-8(3)16)13(22-10)21-9(4)17/h10-13H,5H2,1-4H3. The maximum Gasteiger partial charge on any atom is 0.303 e. The van der Waals surface area contributed by atoms with E-state index in [9.17, 15) is 19.2 Å². The topological polar surface area (TPSA) is 105 Å². The Balaban J connectivity index is 2.94. The molecule has 0 amide bonds. The van der Waals surface area contributed by atoms with Crippen LogP contribution in [-0.4, -0.2) is 53.4 Å². The SMILES string of the molecule is CC(=O)OCC1SC(OC(C)=O)C(OC(C)=O)C1OC(C)=O. The molecule has 9 heteroatoms. The van der Waals surface area contributed by atoms with E-state index < -0.39 is 46.8 Å². The number of carbonyl (C=O) groups excluding carboxylic acids is 4. The van der Waals surface area contributed by atoms with Gasteiger partial charge in [-0.3, -0.25) is 19.2 Å². The average molecular weight is 334 g/mol. The molecule has 0 aromatic heterocycles. The molecular formula is C13H18O8S. The van der Waals surface area contributed by atoms with Crippen LogP contribution in [0.3, 0.4) is 0 Å². The summed E-state index contributed by atoms with van der Waals surface area (Å²) in [6.07, 6.45) is -1.84. The largest absolute Gasteiger partial charge is 0.465 e. The zero-order valence-corrected chi connectivity index (χ0v) is 13.5. The van der Waals surface area contributed by atoms with Crippen molar-refractivity contribution in [3.05, 3.63) is 0 Å². The van der Waals surface area contributed by atoms with E-state index in [2.05, 4.69) is 0 Å². The quantitative estimate of drug-likeness (QED) is 0.522. The minimum Gasteiger partial charge on any atom is -0.465 e. The summed E-state index contributed by atoms with van der Waals surface area (Å²) in [7, 11) is 0. The summed E-state index contributed by atoms with van der Waals surface area (Å²) in [6, 6.07) is 0. The lowest BCUT2D eigenvalue weighted by atomic mass is 10.1. The van der Waals surface area contributed by atoms with Crippen LogP contribution in [0.25, 0.3) is 0 Å². The third-order valence-electron chi connectivity index (χ3n) is 2.60. The molecule has 22 heavy (non-hydrogen) atoms. The molecule has 1 rings (SSSR count). The van der Waals surface area contributed by atoms with Gasteiger partial charge in [-0.2, -0.15) is 0 Å². The van der Waals surface area contributed by atoms with Crippen LogP contribution in [0.4, 0.5) is 0 Å². The van der Waals surface area contributed by atoms with Crippen molar-refractivity contribution < 1.29 is 38.1 Å². The van der Waals surface area contributed by atoms with Gasteiger partial charge in [-0.05, 0) is 0 Å². The number of carbonyl (C=O) groups is 4. The molecular weight excluding hydrogens is 316 g/mol. The Morgan fingerprint density at radius 3 is 1.73 bits per heavy atom. The fraction of sp³-hybridized carbons (Fsp3) is 0.692. The normalized spacial score (nSPS) is 26.9. The highest BCUT2D eigenvalue weighted by Gasteiger charge is 2.50. The molecule has 1 fully saturated rings. The summed E-state index contributed by atoms with van der Waals surface area (Å²) in [4.78, 5) is 44.6. The van der Waals surface area contributed by atoms with Crippen LogP contribution < -0.4 is 0 Å². The molecule has 0 saturated carbocycles. The Kier molecular flexibility index (Phi) is 6.66. The number of rotatable bonds is 5. The Morgan fingerprint density at radius 2 is 1.27 bits per heavy atom. The minimum atomic E-state index is -0.962. The zero-order chi connectivity index (χ0) is 16.9. The molecule has 1 aliphatic heterocycles. The molecule has 0 N–H and O–H groups in total. The minimum absolute atomic E-state index is 0.0620. The first-order chi connectivity index (χ1) is 10.2. The van der Waals surface area contributed by atoms with E-state index in [1.54, 1.807) is 0 Å². The number of hydrogen-bond acceptors (Lipinski definition) is 9. The van der Waals surface area contributed by atoms with Crippen LogP contribution in [0.1, 0.15) is 27.7 Å². The van der Waals surface area contributed by atoms with Crippen molar-refractivity contribution in [1.82, 2.24) is 0 Å². The molecule has 8 nitrogen and oxygen atoms in total. The monoisotopic (exact) mass is 334 g/mol. The average Bonchev–Trinajstić information content (AvgIpc) is 2.63. The molecule has 1 saturated heterocycles. The Morgan fingerprint density at radius 1 is 0.773 bits per heavy atom. The van der Waals surface area contributed by atoms with Gasteiger partial charge in [-0.15, -0.1) is 11.8 Å². The highest BCUT2D eigenvalue weighted by Crippen LogP contribution is 2.39. The van der Waals surface area contributed by atoms with E-state index in [0.717, 1.165) is 11.8 Å². The number of ether oxygens (including phenoxy) is 4. The van der Waals surface area contributed by atoms with Crippen LogP contribution in [-0.2, 0) is 38.1 Å². The summed E-state index contributed by atoms with van der Waals surface area (Å²) in [5.41, 5.74) is -0.841. The van der Waals surface area contributed by atoms with Crippen molar-refractivity contribution in [2.75, 3.05) is 6.61 Å². The van der Waals surface area contributed by atoms with Crippen molar-refractivity contribution in [3.8, 4) is 0 Å². The van der Waals surface area contributed by atoms with E-state index in [0.29, 0.717) is 0 Å². The predicted octanol–water partition coefficient (Wildman–Crippen LogP) is 0.417. The van der Waals surface area contributed by atoms with Gasteiger partial charge in [-0.1, -0.05) is 0 Å². The van der Waals surface area contributed by atoms with Crippen LogP contribution in [0, 0.1) is 0 Å². The lowest BCUT2D eigenvalue weighted by molar-refractivity contribution is -0.173. The molecule has 0 bridgehead atoms. The second-order valence-corrected chi connectivity index (χ2v) is 5.95. The van der Waals surface area contributed by atoms with Gasteiger partial charge in [0.1, 0.15) is 6.61 Å². The molecule has 0 aromatic carbocycles. The molecule has 1 aliphatic rings. The van der Waals surface area contributed by atoms with Crippen LogP contribution >= 0.6 is 11.8 Å². The van der Waals surface area contributed by atoms with E-state index in [1.165, 1.54) is 27.7 Å². The van der Waals surface area contributed by atoms with Crippen molar-refractivity contribution in [2.45, 2.75) is 50.6 Å². The third-order valence-corrected chi connectivity index (χ3v) is 3.99. The molecule has 4 unspecified atom stereocenters. The first-order valence-electron chi connectivity index (χ1n) is 6.51. The van der Waals surface area contributed by atoms with Gasteiger partial charge in [-0.25, -0.2) is 0 Å². The maximum absolute atomic E-state index is 11.3. The first-order valence-corrected chi connectivity index (χ1v) is 7.45. The fourth-order valence-corrected chi connectivity index (χ4v) is 3.35. The Hall–Kier alpha value is -1.77. The second kappa shape index (κ2) is 8.02. The summed E-state index contributed by atoms with van der Waals surface area (Å²) < 4.78 is 20.3. The Bertz CT molecular complexity index is 463. The summed E-state index contributed by atoms with van der Waals surface area (Å²) in [5, 5.41) is -0.513. The van der Waals surface area contributed by atoms with E-state index in [1.807, 2.05) is 0 Å². The van der Waals surface area contributed by atoms with E-state index in [4.69, 9.17) is 18.9 Å². The molecule has 0 radical (unpaired) electrons. The van der Waals surface area contributed by atoms with Gasteiger partial charge in [0.25, 0.3) is 0 Å². The smallest absolute Gasteiger partial charge is 0.303 e. The lowest BCUT2D eigenvalue weighted by Crippen LogP contribution is -2.42. The van der Waals surface area contributed by atoms with Gasteiger partial charge < -0.3 is 18.9 Å². The summed E-state index contributed by atoms with van der Waals surface area (Å²) in [6.45, 7) is 4.80. The Labute approximate surface area is 131 Å². The van der Waals surface area contributed by atoms with Crippen molar-refractivity contribution >= 4 is 35.6 Å². The molecule has 1 heterocycles. The molecule has 0 aliphatic carbocycles. The first kappa shape index (κ1) is 18.3. The van der Waals surface area contributed by atoms with Gasteiger partial charge in [0.05, 0.1) is 5.25 Å². The van der Waals surface area contributed by atoms with Crippen molar-refractivity contribution in [1.29, 1.82) is 0 Å². The van der Waals surface area contributed by atoms with Crippen LogP contribution in [0.2, 0.25) is 0 Å². The summed E-state index contributed by atoms with van der Waals surface area (Å²) >= 11 is 1.11. The lowest BCUT2D eigenvalue weighted by Gasteiger charge is -2.24. The molecule has 0 aromatic rings. The predicted molar refractivity (Wildman–Crippen MR) is 74.7 cm³/mol. The summed E-state index contributed by atoms with van der Waals surface area (Å²) in [5.74, 6) is -2.25. The van der Waals surface area contributed by atoms with Gasteiger partial charge in [0, 0.05) is 27.7 Å². The number of thioether (sulfide) groups is 1. The van der Waals surface area contributed by atoms with Crippen molar-refractivity contribution in [2.24, 2.45) is 0 Å². The van der Waals surface area contributed by atoms with E-state index in [-0.39, 0.29) is 6.61 Å². The van der Waals surface area contributed by atoms with Crippen LogP contribution in [0.5, 0.6) is 0 Å². The van der Waals surface area contributed by atoms with Gasteiger partial charge in [0.15, 0.2) is 17.6 Å². The van der Waals surface area contributed by atoms with E-state index >= 15 is 0 Å². The number of hydrogen-bond donors (Lipinski definition) is 0. The highest BCUT2D eigenvalue weighted by atomic mass is 32.2. The third kappa shape index (κ3) is 5.55. The van der Waals surface area contributed by atoms with Gasteiger partial charge in [0.2, 0.25) is 0 Å². The van der Waals surface area contributed by atoms with Gasteiger partial charge >= 0.3 is 23.9 Å². The molecule has 0 spiro atoms. The van der Waals surface area contributed by atoms with Crippen LogP contribution in [0.15, 0.2) is 0 Å². The second-order valence-electron chi connectivity index (χ2n) is 4.60. The maximum atomic E-state index is 11.3. The molecule has 124 valence electrons. The highest BCUT2D eigenvalue weighted by molar-refractivity contribution is 8.00. The zero-order valence-electron chi connectivity index (χ0n) is 12.7. The molecule has 4 atom stereocenters. The van der Waals surface area contributed by atoms with Crippen molar-refractivity contribution in [3.63, 3.8) is 0 Å².